The predicted octanol–water partition coefficient (Wildman–Crippen LogP) is 5.80. The summed E-state index contributed by atoms with van der Waals surface area (Å²) in [6, 6.07) is 15.0. The Morgan fingerprint density at radius 2 is 1.73 bits per heavy atom. The van der Waals surface area contributed by atoms with Gasteiger partial charge in [0, 0.05) is 5.56 Å². The number of amides is 1. The molecule has 0 spiro atoms. The van der Waals surface area contributed by atoms with Crippen LogP contribution in [0.3, 0.4) is 0 Å². The molecule has 1 saturated heterocycles. The van der Waals surface area contributed by atoms with Crippen LogP contribution in [-0.4, -0.2) is 48.2 Å². The van der Waals surface area contributed by atoms with Crippen molar-refractivity contribution in [3.63, 3.8) is 0 Å². The molecule has 1 aromatic heterocycles. The van der Waals surface area contributed by atoms with E-state index in [1.54, 1.807) is 36.4 Å². The third-order valence-electron chi connectivity index (χ3n) is 6.88. The minimum atomic E-state index is -0.972. The van der Waals surface area contributed by atoms with E-state index in [0.29, 0.717) is 71.2 Å². The molecule has 9 nitrogen and oxygen atoms in total. The number of aliphatic hydroxyl groups is 1. The summed E-state index contributed by atoms with van der Waals surface area (Å²) in [7, 11) is 0. The van der Waals surface area contributed by atoms with Gasteiger partial charge in [-0.1, -0.05) is 23.5 Å². The molecule has 1 N–H and O–H groups in total. The van der Waals surface area contributed by atoms with Crippen molar-refractivity contribution >= 4 is 44.1 Å². The third-order valence-corrected chi connectivity index (χ3v) is 7.90. The lowest BCUT2D eigenvalue weighted by molar-refractivity contribution is -0.132. The van der Waals surface area contributed by atoms with Crippen molar-refractivity contribution in [2.45, 2.75) is 26.8 Å². The highest BCUT2D eigenvalue weighted by Gasteiger charge is 2.48. The number of rotatable bonds is 7. The van der Waals surface area contributed by atoms with E-state index in [0.717, 1.165) is 10.3 Å². The van der Waals surface area contributed by atoms with Crippen molar-refractivity contribution < 1.29 is 33.6 Å². The van der Waals surface area contributed by atoms with Crippen LogP contribution in [0.25, 0.3) is 16.0 Å². The number of thiazole rings is 1. The molecule has 1 atom stereocenters. The van der Waals surface area contributed by atoms with E-state index in [1.807, 2.05) is 39.0 Å². The average Bonchev–Trinajstić information content (AvgIpc) is 3.51. The summed E-state index contributed by atoms with van der Waals surface area (Å²) in [5, 5.41) is 12.0. The van der Waals surface area contributed by atoms with Gasteiger partial charge in [-0.05, 0) is 74.4 Å². The minimum absolute atomic E-state index is 0.0614. The molecular formula is C31H28N2O7S. The molecule has 210 valence electrons. The number of Topliss-reactive ketones (excluding diaryl/α,β-unsaturated/α-hetero) is 1. The quantitative estimate of drug-likeness (QED) is 0.168. The van der Waals surface area contributed by atoms with Crippen LogP contribution in [0, 0.1) is 6.92 Å². The first-order valence-electron chi connectivity index (χ1n) is 13.4. The van der Waals surface area contributed by atoms with E-state index in [1.165, 1.54) is 16.2 Å². The van der Waals surface area contributed by atoms with Gasteiger partial charge in [0.1, 0.15) is 19.0 Å². The molecule has 0 bridgehead atoms. The van der Waals surface area contributed by atoms with Crippen LogP contribution in [0.4, 0.5) is 5.13 Å². The van der Waals surface area contributed by atoms with Crippen LogP contribution >= 0.6 is 11.3 Å². The maximum Gasteiger partial charge on any atom is 0.301 e. The molecule has 1 fully saturated rings. The van der Waals surface area contributed by atoms with Gasteiger partial charge in [-0.2, -0.15) is 0 Å². The Labute approximate surface area is 240 Å². The van der Waals surface area contributed by atoms with Gasteiger partial charge in [-0.3, -0.25) is 14.5 Å². The number of aromatic nitrogens is 1. The Morgan fingerprint density at radius 1 is 0.976 bits per heavy atom. The summed E-state index contributed by atoms with van der Waals surface area (Å²) in [6.45, 7) is 7.33. The number of ether oxygens (including phenoxy) is 4. The van der Waals surface area contributed by atoms with E-state index in [-0.39, 0.29) is 11.3 Å². The fraction of sp³-hybridized carbons (Fsp3) is 0.258. The number of anilines is 1. The molecule has 1 unspecified atom stereocenters. The molecule has 3 heterocycles. The molecule has 4 aromatic rings. The van der Waals surface area contributed by atoms with Crippen LogP contribution in [0.15, 0.2) is 60.2 Å². The van der Waals surface area contributed by atoms with Gasteiger partial charge in [0.05, 0.1) is 35.0 Å². The number of carbonyl (C=O) groups is 2. The van der Waals surface area contributed by atoms with E-state index >= 15 is 0 Å². The van der Waals surface area contributed by atoms with Crippen LogP contribution < -0.4 is 23.8 Å². The zero-order valence-electron chi connectivity index (χ0n) is 22.8. The van der Waals surface area contributed by atoms with Crippen LogP contribution in [0.1, 0.15) is 36.6 Å². The highest BCUT2D eigenvalue weighted by atomic mass is 32.1. The fourth-order valence-corrected chi connectivity index (χ4v) is 6.14. The Bertz CT molecular complexity index is 1710. The molecule has 3 aromatic carbocycles. The molecule has 41 heavy (non-hydrogen) atoms. The zero-order valence-corrected chi connectivity index (χ0v) is 23.6. The summed E-state index contributed by atoms with van der Waals surface area (Å²) >= 11 is 1.31. The van der Waals surface area contributed by atoms with Crippen LogP contribution in [0.5, 0.6) is 23.0 Å². The number of ketones is 1. The Kier molecular flexibility index (Phi) is 7.00. The van der Waals surface area contributed by atoms with E-state index < -0.39 is 17.7 Å². The van der Waals surface area contributed by atoms with Gasteiger partial charge >= 0.3 is 5.91 Å². The number of hydrogen-bond donors (Lipinski definition) is 1. The highest BCUT2D eigenvalue weighted by Crippen LogP contribution is 2.46. The van der Waals surface area contributed by atoms with Gasteiger partial charge in [-0.15, -0.1) is 0 Å². The molecule has 1 amide bonds. The van der Waals surface area contributed by atoms with Crippen molar-refractivity contribution in [2.24, 2.45) is 0 Å². The number of aliphatic hydroxyl groups excluding tert-OH is 1. The summed E-state index contributed by atoms with van der Waals surface area (Å²) in [4.78, 5) is 33.4. The van der Waals surface area contributed by atoms with Crippen molar-refractivity contribution in [3.05, 3.63) is 76.9 Å². The molecular weight excluding hydrogens is 544 g/mol. The summed E-state index contributed by atoms with van der Waals surface area (Å²) in [5.74, 6) is 0.0850. The third kappa shape index (κ3) is 4.74. The monoisotopic (exact) mass is 572 g/mol. The Hall–Kier alpha value is -4.57. The second kappa shape index (κ2) is 10.8. The minimum Gasteiger partial charge on any atom is -0.507 e. The van der Waals surface area contributed by atoms with E-state index in [2.05, 4.69) is 0 Å². The summed E-state index contributed by atoms with van der Waals surface area (Å²) in [6.07, 6.45) is 0. The normalized spacial score (nSPS) is 17.7. The van der Waals surface area contributed by atoms with Gasteiger partial charge < -0.3 is 24.1 Å². The van der Waals surface area contributed by atoms with Gasteiger partial charge in [0.15, 0.2) is 28.1 Å². The van der Waals surface area contributed by atoms with Crippen molar-refractivity contribution in [1.29, 1.82) is 0 Å². The average molecular weight is 573 g/mol. The first kappa shape index (κ1) is 26.6. The van der Waals surface area contributed by atoms with Gasteiger partial charge in [-0.25, -0.2) is 4.98 Å². The highest BCUT2D eigenvalue weighted by molar-refractivity contribution is 7.22. The smallest absolute Gasteiger partial charge is 0.301 e. The van der Waals surface area contributed by atoms with Crippen LogP contribution in [0.2, 0.25) is 0 Å². The van der Waals surface area contributed by atoms with Gasteiger partial charge in [0.2, 0.25) is 0 Å². The largest absolute Gasteiger partial charge is 0.507 e. The second-order valence-electron chi connectivity index (χ2n) is 9.57. The Balaban J connectivity index is 1.55. The van der Waals surface area contributed by atoms with Crippen molar-refractivity contribution in [2.75, 3.05) is 31.3 Å². The number of carbonyl (C=O) groups excluding carboxylic acids is 2. The number of benzene rings is 3. The lowest BCUT2D eigenvalue weighted by atomic mass is 9.95. The maximum atomic E-state index is 13.7. The van der Waals surface area contributed by atoms with Crippen molar-refractivity contribution in [1.82, 2.24) is 4.98 Å². The topological polar surface area (TPSA) is 107 Å². The van der Waals surface area contributed by atoms with Crippen molar-refractivity contribution in [3.8, 4) is 23.0 Å². The number of nitrogens with zero attached hydrogens (tertiary/aromatic N) is 2. The molecule has 0 saturated carbocycles. The van der Waals surface area contributed by atoms with E-state index in [9.17, 15) is 14.7 Å². The maximum absolute atomic E-state index is 13.7. The lowest BCUT2D eigenvalue weighted by Crippen LogP contribution is -2.29. The van der Waals surface area contributed by atoms with Crippen LogP contribution in [-0.2, 0) is 9.59 Å². The zero-order chi connectivity index (χ0) is 28.7. The molecule has 2 aliphatic heterocycles. The molecule has 6 rings (SSSR count). The molecule has 0 aliphatic carbocycles. The SMILES string of the molecule is CCOc1ccc(C2C(=C(O)c3ccc4c(c3)OCCO4)C(=O)C(=O)N2c2nc3ccc(C)cc3s2)cc1OCC. The summed E-state index contributed by atoms with van der Waals surface area (Å²) in [5.41, 5.74) is 2.59. The molecule has 2 aliphatic rings. The number of fused-ring (bicyclic) bond motifs is 2. The Morgan fingerprint density at radius 3 is 2.51 bits per heavy atom. The molecule has 0 radical (unpaired) electrons. The molecule has 10 heteroatoms. The fourth-order valence-electron chi connectivity index (χ4n) is 5.05. The van der Waals surface area contributed by atoms with Gasteiger partial charge in [0.25, 0.3) is 5.78 Å². The number of aryl methyl sites for hydroxylation is 1. The summed E-state index contributed by atoms with van der Waals surface area (Å²) < 4.78 is 23.8. The predicted molar refractivity (Wildman–Crippen MR) is 155 cm³/mol. The first-order valence-corrected chi connectivity index (χ1v) is 14.2. The first-order chi connectivity index (χ1) is 19.9. The standard InChI is InChI=1S/C31H28N2O7S/c1-4-37-21-10-7-18(15-23(21)38-5-2)27-26(28(34)19-8-11-22-24(16-19)40-13-12-39-22)29(35)30(36)33(27)31-32-20-9-6-17(3)14-25(20)41-31/h6-11,14-16,27,34H,4-5,12-13H2,1-3H3. The van der Waals surface area contributed by atoms with E-state index in [4.69, 9.17) is 23.9 Å². The second-order valence-corrected chi connectivity index (χ2v) is 10.6. The number of hydrogen-bond acceptors (Lipinski definition) is 9. The lowest BCUT2D eigenvalue weighted by Gasteiger charge is -2.24.